The minimum Gasteiger partial charge on any atom is -0.490 e. The average molecular weight is 277 g/mol. The van der Waals surface area contributed by atoms with Gasteiger partial charge in [-0.1, -0.05) is 12.1 Å². The molecule has 0 amide bonds. The Morgan fingerprint density at radius 2 is 1.90 bits per heavy atom. The zero-order valence-electron chi connectivity index (χ0n) is 11.8. The van der Waals surface area contributed by atoms with E-state index in [4.69, 9.17) is 19.9 Å². The zero-order chi connectivity index (χ0) is 13.8. The van der Waals surface area contributed by atoms with Gasteiger partial charge >= 0.3 is 0 Å². The predicted molar refractivity (Wildman–Crippen MR) is 76.7 cm³/mol. The van der Waals surface area contributed by atoms with Crippen molar-refractivity contribution in [3.8, 4) is 5.75 Å². The van der Waals surface area contributed by atoms with Gasteiger partial charge in [0.25, 0.3) is 0 Å². The minimum atomic E-state index is -0.0155. The van der Waals surface area contributed by atoms with Crippen molar-refractivity contribution in [2.45, 2.75) is 43.9 Å². The van der Waals surface area contributed by atoms with Crippen molar-refractivity contribution in [1.82, 2.24) is 0 Å². The van der Waals surface area contributed by atoms with E-state index in [-0.39, 0.29) is 11.7 Å². The molecule has 0 aromatic heterocycles. The van der Waals surface area contributed by atoms with Crippen LogP contribution in [0.15, 0.2) is 24.3 Å². The maximum absolute atomic E-state index is 6.12. The maximum Gasteiger partial charge on any atom is 0.119 e. The van der Waals surface area contributed by atoms with Gasteiger partial charge in [0, 0.05) is 32.6 Å². The second-order valence-corrected chi connectivity index (χ2v) is 5.72. The van der Waals surface area contributed by atoms with E-state index in [1.165, 1.54) is 0 Å². The average Bonchev–Trinajstić information content (AvgIpc) is 2.49. The van der Waals surface area contributed by atoms with Crippen molar-refractivity contribution in [2.24, 2.45) is 5.73 Å². The van der Waals surface area contributed by atoms with Crippen LogP contribution < -0.4 is 10.5 Å². The molecule has 1 aromatic rings. The van der Waals surface area contributed by atoms with Gasteiger partial charge in [-0.25, -0.2) is 0 Å². The third-order valence-corrected chi connectivity index (χ3v) is 4.31. The van der Waals surface area contributed by atoms with Crippen LogP contribution in [-0.4, -0.2) is 31.5 Å². The van der Waals surface area contributed by atoms with Crippen molar-refractivity contribution in [1.29, 1.82) is 0 Å². The predicted octanol–water partition coefficient (Wildman–Crippen LogP) is 2.25. The first kappa shape index (κ1) is 13.9. The molecule has 1 unspecified atom stereocenters. The van der Waals surface area contributed by atoms with Gasteiger partial charge in [0.1, 0.15) is 11.9 Å². The summed E-state index contributed by atoms with van der Waals surface area (Å²) in [6, 6.07) is 8.07. The quantitative estimate of drug-likeness (QED) is 0.920. The SMILES string of the molecule is NCc1ccc(OC2CCOC3(CCOCC3)C2)cc1. The Hall–Kier alpha value is -1.10. The summed E-state index contributed by atoms with van der Waals surface area (Å²) < 4.78 is 17.6. The highest BCUT2D eigenvalue weighted by Gasteiger charge is 2.39. The molecule has 4 nitrogen and oxygen atoms in total. The lowest BCUT2D eigenvalue weighted by molar-refractivity contribution is -0.155. The van der Waals surface area contributed by atoms with Crippen LogP contribution in [0.2, 0.25) is 0 Å². The smallest absolute Gasteiger partial charge is 0.119 e. The molecule has 0 saturated carbocycles. The molecule has 4 heteroatoms. The van der Waals surface area contributed by atoms with Gasteiger partial charge in [-0.3, -0.25) is 0 Å². The summed E-state index contributed by atoms with van der Waals surface area (Å²) in [4.78, 5) is 0. The molecule has 1 spiro atoms. The molecule has 2 fully saturated rings. The first-order valence-electron chi connectivity index (χ1n) is 7.47. The molecule has 0 radical (unpaired) electrons. The van der Waals surface area contributed by atoms with Crippen LogP contribution >= 0.6 is 0 Å². The van der Waals surface area contributed by atoms with Crippen molar-refractivity contribution in [2.75, 3.05) is 19.8 Å². The molecule has 2 N–H and O–H groups in total. The Morgan fingerprint density at radius 1 is 1.15 bits per heavy atom. The summed E-state index contributed by atoms with van der Waals surface area (Å²) in [5.74, 6) is 0.927. The molecule has 2 heterocycles. The van der Waals surface area contributed by atoms with Crippen LogP contribution in [-0.2, 0) is 16.0 Å². The Labute approximate surface area is 120 Å². The van der Waals surface area contributed by atoms with Crippen molar-refractivity contribution in [3.05, 3.63) is 29.8 Å². The topological polar surface area (TPSA) is 53.7 Å². The van der Waals surface area contributed by atoms with Gasteiger partial charge in [0.15, 0.2) is 0 Å². The van der Waals surface area contributed by atoms with E-state index < -0.39 is 0 Å². The van der Waals surface area contributed by atoms with E-state index in [9.17, 15) is 0 Å². The second kappa shape index (κ2) is 6.12. The van der Waals surface area contributed by atoms with Crippen molar-refractivity contribution < 1.29 is 14.2 Å². The standard InChI is InChI=1S/C16H23NO3/c17-12-13-1-3-14(4-2-13)20-15-5-8-19-16(11-15)6-9-18-10-7-16/h1-4,15H,5-12,17H2. The van der Waals surface area contributed by atoms with Crippen LogP contribution in [0.4, 0.5) is 0 Å². The number of nitrogens with two attached hydrogens (primary N) is 1. The lowest BCUT2D eigenvalue weighted by Crippen LogP contribution is -2.47. The fourth-order valence-electron chi connectivity index (χ4n) is 3.07. The van der Waals surface area contributed by atoms with Crippen molar-refractivity contribution in [3.63, 3.8) is 0 Å². The highest BCUT2D eigenvalue weighted by Crippen LogP contribution is 2.35. The third kappa shape index (κ3) is 3.14. The van der Waals surface area contributed by atoms with Gasteiger partial charge in [0.2, 0.25) is 0 Å². The van der Waals surface area contributed by atoms with E-state index in [2.05, 4.69) is 0 Å². The van der Waals surface area contributed by atoms with Crippen LogP contribution in [0.25, 0.3) is 0 Å². The second-order valence-electron chi connectivity index (χ2n) is 5.72. The Kier molecular flexibility index (Phi) is 4.24. The lowest BCUT2D eigenvalue weighted by atomic mass is 9.85. The molecule has 2 aliphatic heterocycles. The van der Waals surface area contributed by atoms with Gasteiger partial charge in [-0.2, -0.15) is 0 Å². The van der Waals surface area contributed by atoms with E-state index in [1.54, 1.807) is 0 Å². The molecule has 20 heavy (non-hydrogen) atoms. The molecule has 3 rings (SSSR count). The summed E-state index contributed by atoms with van der Waals surface area (Å²) in [5, 5.41) is 0. The number of rotatable bonds is 3. The monoisotopic (exact) mass is 277 g/mol. The molecule has 110 valence electrons. The summed E-state index contributed by atoms with van der Waals surface area (Å²) in [6.07, 6.45) is 4.14. The maximum atomic E-state index is 6.12. The molecule has 2 aliphatic rings. The van der Waals surface area contributed by atoms with E-state index in [1.807, 2.05) is 24.3 Å². The lowest BCUT2D eigenvalue weighted by Gasteiger charge is -2.43. The largest absolute Gasteiger partial charge is 0.490 e. The molecule has 0 aliphatic carbocycles. The van der Waals surface area contributed by atoms with Gasteiger partial charge in [-0.15, -0.1) is 0 Å². The highest BCUT2D eigenvalue weighted by molar-refractivity contribution is 5.27. The minimum absolute atomic E-state index is 0.0155. The number of benzene rings is 1. The molecule has 2 saturated heterocycles. The molecular weight excluding hydrogens is 254 g/mol. The van der Waals surface area contributed by atoms with E-state index in [0.717, 1.165) is 56.8 Å². The fraction of sp³-hybridized carbons (Fsp3) is 0.625. The first-order chi connectivity index (χ1) is 9.80. The zero-order valence-corrected chi connectivity index (χ0v) is 11.8. The number of hydrogen-bond donors (Lipinski definition) is 1. The van der Waals surface area contributed by atoms with Crippen LogP contribution in [0.1, 0.15) is 31.2 Å². The molecule has 1 aromatic carbocycles. The van der Waals surface area contributed by atoms with Crippen LogP contribution in [0.5, 0.6) is 5.75 Å². The van der Waals surface area contributed by atoms with E-state index in [0.29, 0.717) is 6.54 Å². The first-order valence-corrected chi connectivity index (χ1v) is 7.47. The molecule has 1 atom stereocenters. The summed E-state index contributed by atoms with van der Waals surface area (Å²) in [6.45, 7) is 2.96. The fourth-order valence-corrected chi connectivity index (χ4v) is 3.07. The number of ether oxygens (including phenoxy) is 3. The summed E-state index contributed by atoms with van der Waals surface area (Å²) in [7, 11) is 0. The van der Waals surface area contributed by atoms with Gasteiger partial charge in [0.05, 0.1) is 12.2 Å². The van der Waals surface area contributed by atoms with Crippen LogP contribution in [0, 0.1) is 0 Å². The Balaban J connectivity index is 1.61. The normalized spacial score (nSPS) is 25.6. The highest BCUT2D eigenvalue weighted by atomic mass is 16.5. The summed E-state index contributed by atoms with van der Waals surface area (Å²) in [5.41, 5.74) is 6.72. The van der Waals surface area contributed by atoms with Crippen LogP contribution in [0.3, 0.4) is 0 Å². The van der Waals surface area contributed by atoms with E-state index >= 15 is 0 Å². The third-order valence-electron chi connectivity index (χ3n) is 4.31. The Morgan fingerprint density at radius 3 is 2.60 bits per heavy atom. The molecular formula is C16H23NO3. The number of hydrogen-bond acceptors (Lipinski definition) is 4. The molecule has 0 bridgehead atoms. The summed E-state index contributed by atoms with van der Waals surface area (Å²) >= 11 is 0. The van der Waals surface area contributed by atoms with Crippen molar-refractivity contribution >= 4 is 0 Å². The Bertz CT molecular complexity index is 420. The van der Waals surface area contributed by atoms with Gasteiger partial charge < -0.3 is 19.9 Å². The van der Waals surface area contributed by atoms with Gasteiger partial charge in [-0.05, 0) is 30.5 Å².